The number of carbonyl (C=O) groups is 1. The summed E-state index contributed by atoms with van der Waals surface area (Å²) in [6.07, 6.45) is 0.963. The van der Waals surface area contributed by atoms with E-state index in [1.807, 2.05) is 18.2 Å². The van der Waals surface area contributed by atoms with Crippen LogP contribution < -0.4 is 9.47 Å². The Bertz CT molecular complexity index is 412. The predicted molar refractivity (Wildman–Crippen MR) is 61.1 cm³/mol. The fraction of sp³-hybridized carbons (Fsp3) is 0.462. The molecule has 0 N–H and O–H groups in total. The zero-order valence-corrected chi connectivity index (χ0v) is 9.82. The van der Waals surface area contributed by atoms with Crippen molar-refractivity contribution in [3.8, 4) is 11.5 Å². The monoisotopic (exact) mass is 220 g/mol. The number of ketones is 1. The topological polar surface area (TPSA) is 35.5 Å². The van der Waals surface area contributed by atoms with E-state index in [2.05, 4.69) is 0 Å². The molecule has 2 rings (SSSR count). The molecule has 0 heterocycles. The number of methoxy groups -OCH3 is 2. The van der Waals surface area contributed by atoms with E-state index in [-0.39, 0.29) is 11.7 Å². The standard InChI is InChI=1S/C13H16O3/c1-8(14)10-7-11(10)9-4-5-12(15-2)13(6-9)16-3/h4-6,10-11H,7H2,1-3H3/t10-,11+/m0/s1. The molecule has 0 spiro atoms. The number of ether oxygens (including phenoxy) is 2. The number of Topliss-reactive ketones (excluding diaryl/α,β-unsaturated/α-hetero) is 1. The molecule has 1 aliphatic carbocycles. The zero-order valence-electron chi connectivity index (χ0n) is 9.82. The molecule has 3 nitrogen and oxygen atoms in total. The van der Waals surface area contributed by atoms with Gasteiger partial charge in [-0.2, -0.15) is 0 Å². The number of hydrogen-bond acceptors (Lipinski definition) is 3. The first kappa shape index (κ1) is 11.0. The summed E-state index contributed by atoms with van der Waals surface area (Å²) in [5.74, 6) is 2.32. The van der Waals surface area contributed by atoms with E-state index in [0.29, 0.717) is 5.92 Å². The predicted octanol–water partition coefficient (Wildman–Crippen LogP) is 2.40. The number of benzene rings is 1. The molecule has 0 radical (unpaired) electrons. The van der Waals surface area contributed by atoms with Gasteiger partial charge in [0.1, 0.15) is 5.78 Å². The van der Waals surface area contributed by atoms with E-state index >= 15 is 0 Å². The highest BCUT2D eigenvalue weighted by Crippen LogP contribution is 2.49. The van der Waals surface area contributed by atoms with Gasteiger partial charge in [-0.05, 0) is 37.0 Å². The molecular weight excluding hydrogens is 204 g/mol. The smallest absolute Gasteiger partial charge is 0.160 e. The zero-order chi connectivity index (χ0) is 11.7. The highest BCUT2D eigenvalue weighted by atomic mass is 16.5. The van der Waals surface area contributed by atoms with Crippen LogP contribution in [0.15, 0.2) is 18.2 Å². The van der Waals surface area contributed by atoms with Crippen molar-refractivity contribution >= 4 is 5.78 Å². The minimum atomic E-state index is 0.207. The van der Waals surface area contributed by atoms with Crippen LogP contribution in [-0.4, -0.2) is 20.0 Å². The van der Waals surface area contributed by atoms with Gasteiger partial charge in [-0.1, -0.05) is 6.07 Å². The lowest BCUT2D eigenvalue weighted by Crippen LogP contribution is -1.96. The molecule has 0 aromatic heterocycles. The lowest BCUT2D eigenvalue weighted by atomic mass is 10.1. The normalized spacial score (nSPS) is 22.7. The molecule has 1 aromatic rings. The van der Waals surface area contributed by atoms with Crippen molar-refractivity contribution in [2.75, 3.05) is 14.2 Å². The van der Waals surface area contributed by atoms with Gasteiger partial charge in [-0.3, -0.25) is 4.79 Å². The maximum Gasteiger partial charge on any atom is 0.160 e. The molecule has 16 heavy (non-hydrogen) atoms. The third-order valence-corrected chi connectivity index (χ3v) is 3.15. The van der Waals surface area contributed by atoms with Gasteiger partial charge in [0.15, 0.2) is 11.5 Å². The van der Waals surface area contributed by atoms with Crippen LogP contribution in [-0.2, 0) is 4.79 Å². The van der Waals surface area contributed by atoms with Crippen molar-refractivity contribution in [2.24, 2.45) is 5.92 Å². The summed E-state index contributed by atoms with van der Waals surface area (Å²) >= 11 is 0. The molecule has 1 saturated carbocycles. The van der Waals surface area contributed by atoms with Gasteiger partial charge >= 0.3 is 0 Å². The van der Waals surface area contributed by atoms with Crippen LogP contribution in [0.25, 0.3) is 0 Å². The quantitative estimate of drug-likeness (QED) is 0.781. The molecule has 0 aliphatic heterocycles. The average Bonchev–Trinajstić information content (AvgIpc) is 3.08. The van der Waals surface area contributed by atoms with Crippen LogP contribution in [0, 0.1) is 5.92 Å². The Hall–Kier alpha value is -1.51. The van der Waals surface area contributed by atoms with Crippen LogP contribution in [0.1, 0.15) is 24.8 Å². The van der Waals surface area contributed by atoms with Gasteiger partial charge < -0.3 is 9.47 Å². The summed E-state index contributed by atoms with van der Waals surface area (Å²) in [6, 6.07) is 5.87. The number of carbonyl (C=O) groups excluding carboxylic acids is 1. The Morgan fingerprint density at radius 3 is 2.44 bits per heavy atom. The van der Waals surface area contributed by atoms with E-state index in [4.69, 9.17) is 9.47 Å². The van der Waals surface area contributed by atoms with Gasteiger partial charge in [0.2, 0.25) is 0 Å². The van der Waals surface area contributed by atoms with E-state index in [1.165, 1.54) is 0 Å². The molecule has 1 aromatic carbocycles. The minimum Gasteiger partial charge on any atom is -0.493 e. The Morgan fingerprint density at radius 1 is 1.25 bits per heavy atom. The third-order valence-electron chi connectivity index (χ3n) is 3.15. The Labute approximate surface area is 95.4 Å². The average molecular weight is 220 g/mol. The van der Waals surface area contributed by atoms with Crippen molar-refractivity contribution in [3.05, 3.63) is 23.8 Å². The van der Waals surface area contributed by atoms with Crippen LogP contribution in [0.5, 0.6) is 11.5 Å². The van der Waals surface area contributed by atoms with Gasteiger partial charge in [0.05, 0.1) is 14.2 Å². The molecule has 1 aliphatic rings. The molecule has 2 atom stereocenters. The maximum absolute atomic E-state index is 11.2. The maximum atomic E-state index is 11.2. The molecule has 0 unspecified atom stereocenters. The fourth-order valence-corrected chi connectivity index (χ4v) is 2.10. The first-order valence-corrected chi connectivity index (χ1v) is 5.39. The van der Waals surface area contributed by atoms with E-state index in [9.17, 15) is 4.79 Å². The molecule has 0 saturated heterocycles. The number of rotatable bonds is 4. The summed E-state index contributed by atoms with van der Waals surface area (Å²) in [5, 5.41) is 0. The van der Waals surface area contributed by atoms with Gasteiger partial charge in [0, 0.05) is 5.92 Å². The molecule has 1 fully saturated rings. The van der Waals surface area contributed by atoms with Gasteiger partial charge in [0.25, 0.3) is 0 Å². The third kappa shape index (κ3) is 1.90. The summed E-state index contributed by atoms with van der Waals surface area (Å²) < 4.78 is 10.4. The molecule has 0 amide bonds. The van der Waals surface area contributed by atoms with E-state index in [1.54, 1.807) is 21.1 Å². The first-order chi connectivity index (χ1) is 7.67. The highest BCUT2D eigenvalue weighted by Gasteiger charge is 2.41. The fourth-order valence-electron chi connectivity index (χ4n) is 2.10. The second-order valence-corrected chi connectivity index (χ2v) is 4.17. The second kappa shape index (κ2) is 4.16. The van der Waals surface area contributed by atoms with Gasteiger partial charge in [-0.15, -0.1) is 0 Å². The van der Waals surface area contributed by atoms with Crippen molar-refractivity contribution < 1.29 is 14.3 Å². The SMILES string of the molecule is COc1ccc([C@H]2C[C@H]2C(C)=O)cc1OC. The van der Waals surface area contributed by atoms with Crippen LogP contribution in [0.3, 0.4) is 0 Å². The Balaban J connectivity index is 2.21. The van der Waals surface area contributed by atoms with E-state index < -0.39 is 0 Å². The molecule has 3 heteroatoms. The molecule has 0 bridgehead atoms. The lowest BCUT2D eigenvalue weighted by molar-refractivity contribution is -0.118. The lowest BCUT2D eigenvalue weighted by Gasteiger charge is -2.09. The van der Waals surface area contributed by atoms with Crippen LogP contribution in [0.4, 0.5) is 0 Å². The van der Waals surface area contributed by atoms with Crippen molar-refractivity contribution in [3.63, 3.8) is 0 Å². The second-order valence-electron chi connectivity index (χ2n) is 4.17. The highest BCUT2D eigenvalue weighted by molar-refractivity contribution is 5.82. The largest absolute Gasteiger partial charge is 0.493 e. The number of hydrogen-bond donors (Lipinski definition) is 0. The van der Waals surface area contributed by atoms with Crippen LogP contribution >= 0.6 is 0 Å². The van der Waals surface area contributed by atoms with Crippen LogP contribution in [0.2, 0.25) is 0 Å². The Kier molecular flexibility index (Phi) is 2.86. The van der Waals surface area contributed by atoms with Crippen molar-refractivity contribution in [2.45, 2.75) is 19.3 Å². The summed E-state index contributed by atoms with van der Waals surface area (Å²) in [5.41, 5.74) is 1.16. The summed E-state index contributed by atoms with van der Waals surface area (Å²) in [7, 11) is 3.24. The summed E-state index contributed by atoms with van der Waals surface area (Å²) in [6.45, 7) is 1.66. The Morgan fingerprint density at radius 2 is 1.94 bits per heavy atom. The molecule has 86 valence electrons. The van der Waals surface area contributed by atoms with Crippen molar-refractivity contribution in [1.82, 2.24) is 0 Å². The first-order valence-electron chi connectivity index (χ1n) is 5.39. The molecular formula is C13H16O3. The van der Waals surface area contributed by atoms with Gasteiger partial charge in [-0.25, -0.2) is 0 Å². The minimum absolute atomic E-state index is 0.207. The van der Waals surface area contributed by atoms with E-state index in [0.717, 1.165) is 23.5 Å². The summed E-state index contributed by atoms with van der Waals surface area (Å²) in [4.78, 5) is 11.2. The van der Waals surface area contributed by atoms with Crippen molar-refractivity contribution in [1.29, 1.82) is 0 Å².